The standard InChI is InChI=1S/C13H18N2O2/c1-10(9-16)15(2)8-12-5-4-11(7-14)6-13(12)17-3/h4-6,10,16H,8-9H2,1-3H3. The molecule has 0 spiro atoms. The molecule has 1 rings (SSSR count). The zero-order chi connectivity index (χ0) is 12.8. The van der Waals surface area contributed by atoms with Crippen molar-refractivity contribution < 1.29 is 9.84 Å². The highest BCUT2D eigenvalue weighted by Gasteiger charge is 2.11. The van der Waals surface area contributed by atoms with Gasteiger partial charge >= 0.3 is 0 Å². The second-order valence-electron chi connectivity index (χ2n) is 4.09. The lowest BCUT2D eigenvalue weighted by molar-refractivity contribution is 0.153. The summed E-state index contributed by atoms with van der Waals surface area (Å²) in [5, 5.41) is 17.9. The summed E-state index contributed by atoms with van der Waals surface area (Å²) in [5.41, 5.74) is 1.60. The van der Waals surface area contributed by atoms with Gasteiger partial charge in [0.2, 0.25) is 0 Å². The molecule has 0 aliphatic carbocycles. The van der Waals surface area contributed by atoms with Gasteiger partial charge in [0.15, 0.2) is 0 Å². The predicted molar refractivity (Wildman–Crippen MR) is 65.7 cm³/mol. The van der Waals surface area contributed by atoms with E-state index in [0.29, 0.717) is 17.9 Å². The first-order chi connectivity index (χ1) is 8.12. The van der Waals surface area contributed by atoms with Crippen LogP contribution in [0.4, 0.5) is 0 Å². The maximum absolute atomic E-state index is 9.08. The third kappa shape index (κ3) is 3.45. The highest BCUT2D eigenvalue weighted by molar-refractivity contribution is 5.42. The van der Waals surface area contributed by atoms with Crippen LogP contribution in [-0.4, -0.2) is 36.8 Å². The van der Waals surface area contributed by atoms with Gasteiger partial charge in [0.05, 0.1) is 25.3 Å². The first kappa shape index (κ1) is 13.5. The van der Waals surface area contributed by atoms with Crippen molar-refractivity contribution in [3.8, 4) is 11.8 Å². The lowest BCUT2D eigenvalue weighted by Crippen LogP contribution is -2.31. The lowest BCUT2D eigenvalue weighted by atomic mass is 10.1. The molecule has 0 aromatic heterocycles. The van der Waals surface area contributed by atoms with E-state index in [9.17, 15) is 0 Å². The normalized spacial score (nSPS) is 12.2. The Labute approximate surface area is 102 Å². The summed E-state index contributed by atoms with van der Waals surface area (Å²) in [6.07, 6.45) is 0. The van der Waals surface area contributed by atoms with Crippen molar-refractivity contribution in [1.29, 1.82) is 5.26 Å². The number of methoxy groups -OCH3 is 1. The van der Waals surface area contributed by atoms with Crippen LogP contribution in [0.5, 0.6) is 5.75 Å². The molecule has 0 fully saturated rings. The van der Waals surface area contributed by atoms with Gasteiger partial charge in [-0.3, -0.25) is 4.90 Å². The van der Waals surface area contributed by atoms with E-state index in [1.165, 1.54) is 0 Å². The Kier molecular flexibility index (Phi) is 4.95. The van der Waals surface area contributed by atoms with Gasteiger partial charge in [0.25, 0.3) is 0 Å². The van der Waals surface area contributed by atoms with Crippen LogP contribution < -0.4 is 4.74 Å². The topological polar surface area (TPSA) is 56.5 Å². The van der Waals surface area contributed by atoms with Crippen LogP contribution in [0.2, 0.25) is 0 Å². The van der Waals surface area contributed by atoms with Gasteiger partial charge in [-0.2, -0.15) is 5.26 Å². The van der Waals surface area contributed by atoms with E-state index in [1.807, 2.05) is 24.9 Å². The average molecular weight is 234 g/mol. The highest BCUT2D eigenvalue weighted by atomic mass is 16.5. The number of hydrogen-bond donors (Lipinski definition) is 1. The SMILES string of the molecule is COc1cc(C#N)ccc1CN(C)C(C)CO. The fourth-order valence-corrected chi connectivity index (χ4v) is 1.51. The van der Waals surface area contributed by atoms with Gasteiger partial charge < -0.3 is 9.84 Å². The molecular weight excluding hydrogens is 216 g/mol. The van der Waals surface area contributed by atoms with Crippen molar-refractivity contribution in [3.05, 3.63) is 29.3 Å². The Morgan fingerprint density at radius 2 is 2.24 bits per heavy atom. The van der Waals surface area contributed by atoms with Crippen LogP contribution in [0.15, 0.2) is 18.2 Å². The number of aliphatic hydroxyl groups excluding tert-OH is 1. The quantitative estimate of drug-likeness (QED) is 0.836. The molecule has 17 heavy (non-hydrogen) atoms. The van der Waals surface area contributed by atoms with Crippen LogP contribution in [0, 0.1) is 11.3 Å². The minimum Gasteiger partial charge on any atom is -0.496 e. The fourth-order valence-electron chi connectivity index (χ4n) is 1.51. The van der Waals surface area contributed by atoms with Crippen LogP contribution >= 0.6 is 0 Å². The van der Waals surface area contributed by atoms with E-state index in [1.54, 1.807) is 19.2 Å². The number of likely N-dealkylation sites (N-methyl/N-ethyl adjacent to an activating group) is 1. The number of ether oxygens (including phenoxy) is 1. The minimum absolute atomic E-state index is 0.0929. The molecule has 0 amide bonds. The molecule has 1 atom stereocenters. The number of aliphatic hydroxyl groups is 1. The van der Waals surface area contributed by atoms with Crippen molar-refractivity contribution in [2.24, 2.45) is 0 Å². The maximum atomic E-state index is 9.08. The summed E-state index contributed by atoms with van der Waals surface area (Å²) in [6.45, 7) is 2.75. The molecule has 0 saturated heterocycles. The monoisotopic (exact) mass is 234 g/mol. The Morgan fingerprint density at radius 1 is 1.53 bits per heavy atom. The van der Waals surface area contributed by atoms with E-state index in [0.717, 1.165) is 5.56 Å². The minimum atomic E-state index is 0.0929. The molecule has 0 aliphatic heterocycles. The van der Waals surface area contributed by atoms with Gasteiger partial charge in [0, 0.05) is 18.2 Å². The first-order valence-electron chi connectivity index (χ1n) is 5.50. The van der Waals surface area contributed by atoms with Crippen LogP contribution in [0.3, 0.4) is 0 Å². The molecule has 1 aromatic rings. The van der Waals surface area contributed by atoms with Crippen LogP contribution in [-0.2, 0) is 6.54 Å². The number of hydrogen-bond acceptors (Lipinski definition) is 4. The molecule has 1 aromatic carbocycles. The molecule has 4 heteroatoms. The third-order valence-corrected chi connectivity index (χ3v) is 2.85. The first-order valence-corrected chi connectivity index (χ1v) is 5.50. The maximum Gasteiger partial charge on any atom is 0.124 e. The van der Waals surface area contributed by atoms with Crippen LogP contribution in [0.1, 0.15) is 18.1 Å². The predicted octanol–water partition coefficient (Wildman–Crippen LogP) is 1.38. The molecule has 92 valence electrons. The van der Waals surface area contributed by atoms with E-state index in [-0.39, 0.29) is 12.6 Å². The van der Waals surface area contributed by atoms with E-state index in [4.69, 9.17) is 15.1 Å². The summed E-state index contributed by atoms with van der Waals surface area (Å²) in [7, 11) is 3.54. The number of nitrogens with zero attached hydrogens (tertiary/aromatic N) is 2. The Balaban J connectivity index is 2.88. The van der Waals surface area contributed by atoms with Gasteiger partial charge in [-0.25, -0.2) is 0 Å². The largest absolute Gasteiger partial charge is 0.496 e. The summed E-state index contributed by atoms with van der Waals surface area (Å²) >= 11 is 0. The van der Waals surface area contributed by atoms with Gasteiger partial charge in [0.1, 0.15) is 5.75 Å². The Morgan fingerprint density at radius 3 is 2.76 bits per heavy atom. The number of rotatable bonds is 5. The van der Waals surface area contributed by atoms with E-state index >= 15 is 0 Å². The Bertz CT molecular complexity index is 412. The van der Waals surface area contributed by atoms with Gasteiger partial charge in [-0.05, 0) is 26.1 Å². The molecule has 0 bridgehead atoms. The third-order valence-electron chi connectivity index (χ3n) is 2.85. The van der Waals surface area contributed by atoms with Crippen molar-refractivity contribution in [1.82, 2.24) is 4.90 Å². The van der Waals surface area contributed by atoms with Crippen molar-refractivity contribution >= 4 is 0 Å². The molecule has 0 heterocycles. The molecule has 0 saturated carbocycles. The number of benzene rings is 1. The smallest absolute Gasteiger partial charge is 0.124 e. The zero-order valence-corrected chi connectivity index (χ0v) is 10.5. The fraction of sp³-hybridized carbons (Fsp3) is 0.462. The van der Waals surface area contributed by atoms with Crippen molar-refractivity contribution in [2.45, 2.75) is 19.5 Å². The van der Waals surface area contributed by atoms with E-state index in [2.05, 4.69) is 6.07 Å². The average Bonchev–Trinajstić information content (AvgIpc) is 2.37. The van der Waals surface area contributed by atoms with Gasteiger partial charge in [-0.15, -0.1) is 0 Å². The summed E-state index contributed by atoms with van der Waals surface area (Å²) in [6, 6.07) is 7.56. The van der Waals surface area contributed by atoms with E-state index < -0.39 is 0 Å². The molecule has 0 aliphatic rings. The molecular formula is C13H18N2O2. The highest BCUT2D eigenvalue weighted by Crippen LogP contribution is 2.21. The number of nitriles is 1. The molecule has 1 unspecified atom stereocenters. The van der Waals surface area contributed by atoms with Crippen molar-refractivity contribution in [2.75, 3.05) is 20.8 Å². The summed E-state index contributed by atoms with van der Waals surface area (Å²) in [4.78, 5) is 2.03. The Hall–Kier alpha value is -1.57. The summed E-state index contributed by atoms with van der Waals surface area (Å²) in [5.74, 6) is 0.709. The van der Waals surface area contributed by atoms with Crippen molar-refractivity contribution in [3.63, 3.8) is 0 Å². The van der Waals surface area contributed by atoms with Gasteiger partial charge in [-0.1, -0.05) is 6.07 Å². The second-order valence-corrected chi connectivity index (χ2v) is 4.09. The molecule has 4 nitrogen and oxygen atoms in total. The summed E-state index contributed by atoms with van der Waals surface area (Å²) < 4.78 is 5.26. The lowest BCUT2D eigenvalue weighted by Gasteiger charge is -2.23. The zero-order valence-electron chi connectivity index (χ0n) is 10.5. The molecule has 0 radical (unpaired) electrons. The molecule has 1 N–H and O–H groups in total. The van der Waals surface area contributed by atoms with Crippen LogP contribution in [0.25, 0.3) is 0 Å². The second kappa shape index (κ2) is 6.24.